The molecule has 1 amide bonds. The number of amides is 1. The first-order valence-corrected chi connectivity index (χ1v) is 12.2. The third-order valence-corrected chi connectivity index (χ3v) is 6.99. The molecule has 1 aliphatic rings. The molecule has 188 valence electrons. The average Bonchev–Trinajstić information content (AvgIpc) is 3.22. The van der Waals surface area contributed by atoms with E-state index in [4.69, 9.17) is 0 Å². The lowest BCUT2D eigenvalue weighted by Gasteiger charge is -2.23. The van der Waals surface area contributed by atoms with E-state index < -0.39 is 20.2 Å². The molecular weight excluding hydrogens is 495 g/mol. The first-order chi connectivity index (χ1) is 17.0. The van der Waals surface area contributed by atoms with Gasteiger partial charge in [-0.3, -0.25) is 15.6 Å². The predicted octanol–water partition coefficient (Wildman–Crippen LogP) is 4.27. The molecule has 4 rings (SSSR count). The number of carbonyl (C=O) groups is 1. The number of halogens is 3. The molecule has 36 heavy (non-hydrogen) atoms. The summed E-state index contributed by atoms with van der Waals surface area (Å²) in [5, 5.41) is 0. The van der Waals surface area contributed by atoms with Gasteiger partial charge < -0.3 is 9.80 Å². The Bertz CT molecular complexity index is 1380. The molecule has 0 fully saturated rings. The molecule has 8 nitrogen and oxygen atoms in total. The summed E-state index contributed by atoms with van der Waals surface area (Å²) >= 11 is 0. The zero-order chi connectivity index (χ0) is 25.9. The van der Waals surface area contributed by atoms with Crippen LogP contribution in [0.5, 0.6) is 0 Å². The Morgan fingerprint density at radius 3 is 2.42 bits per heavy atom. The highest BCUT2D eigenvalue weighted by Crippen LogP contribution is 2.32. The van der Waals surface area contributed by atoms with E-state index in [1.165, 1.54) is 12.1 Å². The van der Waals surface area contributed by atoms with Gasteiger partial charge in [0.05, 0.1) is 11.6 Å². The lowest BCUT2D eigenvalue weighted by Crippen LogP contribution is -2.30. The molecule has 1 aliphatic heterocycles. The molecule has 0 aliphatic carbocycles. The van der Waals surface area contributed by atoms with Gasteiger partial charge in [0.1, 0.15) is 5.82 Å². The van der Waals surface area contributed by atoms with E-state index in [9.17, 15) is 26.4 Å². The van der Waals surface area contributed by atoms with Crippen molar-refractivity contribution in [2.24, 2.45) is 0 Å². The minimum atomic E-state index is -5.39. The fourth-order valence-electron chi connectivity index (χ4n) is 3.57. The normalized spacial score (nSPS) is 13.9. The van der Waals surface area contributed by atoms with Gasteiger partial charge in [-0.25, -0.2) is 13.4 Å². The first kappa shape index (κ1) is 25.0. The molecule has 2 N–H and O–H groups in total. The van der Waals surface area contributed by atoms with Crippen LogP contribution in [-0.2, 0) is 16.4 Å². The second-order valence-electron chi connectivity index (χ2n) is 8.02. The Hall–Kier alpha value is -4.06. The number of alkyl halides is 3. The van der Waals surface area contributed by atoms with Crippen LogP contribution < -0.4 is 15.8 Å². The number of rotatable bonds is 7. The number of hydrogen-bond donors (Lipinski definition) is 2. The summed E-state index contributed by atoms with van der Waals surface area (Å²) in [7, 11) is -5.39. The number of aromatic nitrogens is 1. The maximum absolute atomic E-state index is 12.8. The van der Waals surface area contributed by atoms with Gasteiger partial charge in [-0.2, -0.15) is 13.2 Å². The van der Waals surface area contributed by atoms with Crippen LogP contribution >= 0.6 is 0 Å². The predicted molar refractivity (Wildman–Crippen MR) is 128 cm³/mol. The van der Waals surface area contributed by atoms with Crippen molar-refractivity contribution in [1.29, 1.82) is 0 Å². The van der Waals surface area contributed by atoms with Gasteiger partial charge in [-0.15, -0.1) is 0 Å². The van der Waals surface area contributed by atoms with Crippen LogP contribution in [-0.4, -0.2) is 36.4 Å². The summed E-state index contributed by atoms with van der Waals surface area (Å²) < 4.78 is 61.5. The number of nitrogens with one attached hydrogen (secondary N) is 2. The standard InChI is InChI=1S/C24H22F3N5O3S/c1-17-14-32(20-7-9-21(10-8-20)36(34,35)24(25,26)27)16-31(17)15-18-11-12-28-22(13-18)29-30-23(33)19-5-3-2-4-6-19/h2-14H,15-16H2,1H3,(H,28,29)(H,30,33). The molecule has 2 aromatic carbocycles. The molecule has 0 bridgehead atoms. The summed E-state index contributed by atoms with van der Waals surface area (Å²) in [4.78, 5) is 19.5. The van der Waals surface area contributed by atoms with Crippen molar-refractivity contribution < 1.29 is 26.4 Å². The maximum Gasteiger partial charge on any atom is 0.501 e. The summed E-state index contributed by atoms with van der Waals surface area (Å²) in [6, 6.07) is 16.9. The van der Waals surface area contributed by atoms with Crippen LogP contribution in [0.4, 0.5) is 24.7 Å². The number of allylic oxidation sites excluding steroid dienone is 1. The van der Waals surface area contributed by atoms with E-state index in [1.807, 2.05) is 30.2 Å². The van der Waals surface area contributed by atoms with E-state index in [2.05, 4.69) is 15.8 Å². The van der Waals surface area contributed by atoms with Crippen LogP contribution in [0.3, 0.4) is 0 Å². The topological polar surface area (TPSA) is 94.6 Å². The van der Waals surface area contributed by atoms with Gasteiger partial charge >= 0.3 is 5.51 Å². The molecule has 0 saturated carbocycles. The summed E-state index contributed by atoms with van der Waals surface area (Å²) in [6.45, 7) is 2.80. The Kier molecular flexibility index (Phi) is 6.88. The molecule has 0 unspecified atom stereocenters. The van der Waals surface area contributed by atoms with Gasteiger partial charge in [0.2, 0.25) is 0 Å². The van der Waals surface area contributed by atoms with Gasteiger partial charge in [0.15, 0.2) is 0 Å². The van der Waals surface area contributed by atoms with Crippen LogP contribution in [0.2, 0.25) is 0 Å². The number of carbonyl (C=O) groups excluding carboxylic acids is 1. The molecule has 0 saturated heterocycles. The van der Waals surface area contributed by atoms with Crippen molar-refractivity contribution in [1.82, 2.24) is 15.3 Å². The summed E-state index contributed by atoms with van der Waals surface area (Å²) in [6.07, 6.45) is 3.44. The first-order valence-electron chi connectivity index (χ1n) is 10.7. The zero-order valence-corrected chi connectivity index (χ0v) is 19.8. The fraction of sp³-hybridized carbons (Fsp3) is 0.167. The second-order valence-corrected chi connectivity index (χ2v) is 9.96. The highest BCUT2D eigenvalue weighted by molar-refractivity contribution is 7.92. The minimum Gasteiger partial charge on any atom is -0.351 e. The molecule has 12 heteroatoms. The van der Waals surface area contributed by atoms with E-state index in [1.54, 1.807) is 41.4 Å². The fourth-order valence-corrected chi connectivity index (χ4v) is 4.33. The quantitative estimate of drug-likeness (QED) is 0.452. The van der Waals surface area contributed by atoms with E-state index in [0.717, 1.165) is 23.4 Å². The molecule has 2 heterocycles. The van der Waals surface area contributed by atoms with Crippen LogP contribution in [0.1, 0.15) is 22.8 Å². The zero-order valence-electron chi connectivity index (χ0n) is 19.0. The highest BCUT2D eigenvalue weighted by Gasteiger charge is 2.46. The van der Waals surface area contributed by atoms with E-state index in [0.29, 0.717) is 30.3 Å². The maximum atomic E-state index is 12.8. The minimum absolute atomic E-state index is 0.300. The number of benzene rings is 2. The summed E-state index contributed by atoms with van der Waals surface area (Å²) in [5.41, 5.74) is 2.92. The number of pyridine rings is 1. The Balaban J connectivity index is 1.38. The van der Waals surface area contributed by atoms with Crippen molar-refractivity contribution in [2.75, 3.05) is 17.0 Å². The number of sulfone groups is 1. The monoisotopic (exact) mass is 517 g/mol. The van der Waals surface area contributed by atoms with Gasteiger partial charge in [-0.1, -0.05) is 18.2 Å². The Morgan fingerprint density at radius 1 is 1.06 bits per heavy atom. The largest absolute Gasteiger partial charge is 0.501 e. The van der Waals surface area contributed by atoms with Crippen molar-refractivity contribution >= 4 is 27.2 Å². The average molecular weight is 518 g/mol. The lowest BCUT2D eigenvalue weighted by molar-refractivity contribution is -0.0436. The van der Waals surface area contributed by atoms with Crippen molar-refractivity contribution in [2.45, 2.75) is 23.9 Å². The summed E-state index contributed by atoms with van der Waals surface area (Å²) in [5.74, 6) is 0.154. The molecule has 3 aromatic rings. The number of hydrazine groups is 1. The second kappa shape index (κ2) is 9.90. The van der Waals surface area contributed by atoms with Crippen LogP contribution in [0.25, 0.3) is 0 Å². The smallest absolute Gasteiger partial charge is 0.351 e. The van der Waals surface area contributed by atoms with E-state index in [-0.39, 0.29) is 5.91 Å². The van der Waals surface area contributed by atoms with Crippen molar-refractivity contribution in [3.8, 4) is 0 Å². The lowest BCUT2D eigenvalue weighted by atomic mass is 10.2. The highest BCUT2D eigenvalue weighted by atomic mass is 32.2. The number of nitrogens with zero attached hydrogens (tertiary/aromatic N) is 3. The molecule has 0 atom stereocenters. The number of hydrogen-bond acceptors (Lipinski definition) is 7. The van der Waals surface area contributed by atoms with Gasteiger partial charge in [0.25, 0.3) is 15.7 Å². The molecule has 0 spiro atoms. The van der Waals surface area contributed by atoms with Gasteiger partial charge in [0, 0.05) is 35.9 Å². The Morgan fingerprint density at radius 2 is 1.75 bits per heavy atom. The number of anilines is 2. The molecule has 0 radical (unpaired) electrons. The third-order valence-electron chi connectivity index (χ3n) is 5.49. The molecular formula is C24H22F3N5O3S. The van der Waals surface area contributed by atoms with Crippen LogP contribution in [0, 0.1) is 0 Å². The molecule has 1 aromatic heterocycles. The Labute approximate surface area is 205 Å². The third kappa shape index (κ3) is 5.43. The van der Waals surface area contributed by atoms with E-state index >= 15 is 0 Å². The SMILES string of the molecule is CC1=CN(c2ccc(S(=O)(=O)C(F)(F)F)cc2)CN1Cc1ccnc(NNC(=O)c2ccccc2)c1. The van der Waals surface area contributed by atoms with Crippen molar-refractivity contribution in [3.05, 3.63) is 96.0 Å². The van der Waals surface area contributed by atoms with Crippen LogP contribution in [0.15, 0.2) is 89.7 Å². The van der Waals surface area contributed by atoms with Crippen molar-refractivity contribution in [3.63, 3.8) is 0 Å². The van der Waals surface area contributed by atoms with Gasteiger partial charge in [-0.05, 0) is 61.0 Å².